The lowest BCUT2D eigenvalue weighted by Gasteiger charge is -2.15. The number of anilines is 1. The molecule has 0 bridgehead atoms. The van der Waals surface area contributed by atoms with Crippen LogP contribution in [0.25, 0.3) is 0 Å². The van der Waals surface area contributed by atoms with Crippen LogP contribution in [0.3, 0.4) is 0 Å². The maximum Gasteiger partial charge on any atom is 0.398 e. The third-order valence-corrected chi connectivity index (χ3v) is 4.23. The molecule has 1 aliphatic rings. The smallest absolute Gasteiger partial charge is 0.344 e. The summed E-state index contributed by atoms with van der Waals surface area (Å²) in [6.45, 7) is 1.78. The summed E-state index contributed by atoms with van der Waals surface area (Å²) in [5.74, 6) is -1.64. The van der Waals surface area contributed by atoms with Crippen LogP contribution >= 0.6 is 11.8 Å². The lowest BCUT2D eigenvalue weighted by molar-refractivity contribution is -0.122. The van der Waals surface area contributed by atoms with Gasteiger partial charge in [-0.1, -0.05) is 6.07 Å². The fourth-order valence-electron chi connectivity index (χ4n) is 2.06. The van der Waals surface area contributed by atoms with Crippen LogP contribution in [0.15, 0.2) is 23.1 Å². The largest absolute Gasteiger partial charge is 0.398 e. The van der Waals surface area contributed by atoms with Gasteiger partial charge in [0.1, 0.15) is 6.04 Å². The Bertz CT molecular complexity index is 590. The topological polar surface area (TPSA) is 58.2 Å². The number of aryl methyl sites for hydroxylation is 1. The lowest BCUT2D eigenvalue weighted by Crippen LogP contribution is -2.37. The molecule has 1 fully saturated rings. The van der Waals surface area contributed by atoms with E-state index >= 15 is 0 Å². The van der Waals surface area contributed by atoms with Crippen LogP contribution in [0, 0.1) is 6.92 Å². The number of amides is 2. The van der Waals surface area contributed by atoms with Crippen LogP contribution in [-0.4, -0.2) is 29.8 Å². The number of hydrogen-bond acceptors (Lipinski definition) is 3. The molecule has 0 aliphatic carbocycles. The maximum atomic E-state index is 12.3. The number of carbonyl (C=O) groups is 2. The molecule has 2 rings (SSSR count). The number of carbonyl (C=O) groups excluding carboxylic acids is 2. The van der Waals surface area contributed by atoms with Gasteiger partial charge < -0.3 is 10.6 Å². The second-order valence-corrected chi connectivity index (χ2v) is 6.07. The van der Waals surface area contributed by atoms with Gasteiger partial charge >= 0.3 is 6.18 Å². The van der Waals surface area contributed by atoms with E-state index in [1.54, 1.807) is 25.1 Å². The standard InChI is InChI=1S/C14H15F3N2O2S/c1-8-2-4-11(22-7-14(15,16)17)10(6-8)19-13(21)9-3-5-12(20)18-9/h2,4,6,9H,3,5,7H2,1H3,(H,18,20)(H,19,21)/t9-/m0/s1. The first-order chi connectivity index (χ1) is 10.2. The second-order valence-electron chi connectivity index (χ2n) is 5.05. The van der Waals surface area contributed by atoms with Crippen LogP contribution in [-0.2, 0) is 9.59 Å². The first kappa shape index (κ1) is 16.7. The molecule has 1 aromatic rings. The Morgan fingerprint density at radius 2 is 2.18 bits per heavy atom. The fraction of sp³-hybridized carbons (Fsp3) is 0.429. The van der Waals surface area contributed by atoms with Crippen molar-refractivity contribution < 1.29 is 22.8 Å². The molecule has 2 N–H and O–H groups in total. The second kappa shape index (κ2) is 6.60. The summed E-state index contributed by atoms with van der Waals surface area (Å²) in [6, 6.07) is 4.22. The molecule has 0 unspecified atom stereocenters. The summed E-state index contributed by atoms with van der Waals surface area (Å²) in [6.07, 6.45) is -3.61. The van der Waals surface area contributed by atoms with Gasteiger partial charge in [-0.15, -0.1) is 11.8 Å². The minimum absolute atomic E-state index is 0.198. The number of hydrogen-bond donors (Lipinski definition) is 2. The summed E-state index contributed by atoms with van der Waals surface area (Å²) in [7, 11) is 0. The van der Waals surface area contributed by atoms with Gasteiger partial charge in [0.25, 0.3) is 0 Å². The zero-order valence-corrected chi connectivity index (χ0v) is 12.6. The van der Waals surface area contributed by atoms with E-state index in [0.717, 1.165) is 5.56 Å². The molecule has 22 heavy (non-hydrogen) atoms. The maximum absolute atomic E-state index is 12.3. The molecule has 4 nitrogen and oxygen atoms in total. The predicted octanol–water partition coefficient (Wildman–Crippen LogP) is 2.87. The van der Waals surface area contributed by atoms with Gasteiger partial charge in [0.15, 0.2) is 0 Å². The molecular formula is C14H15F3N2O2S. The van der Waals surface area contributed by atoms with Crippen molar-refractivity contribution in [3.8, 4) is 0 Å². The van der Waals surface area contributed by atoms with Gasteiger partial charge in [-0.25, -0.2) is 0 Å². The molecule has 0 aromatic heterocycles. The van der Waals surface area contributed by atoms with Crippen LogP contribution in [0.5, 0.6) is 0 Å². The highest BCUT2D eigenvalue weighted by Crippen LogP contribution is 2.33. The van der Waals surface area contributed by atoms with E-state index < -0.39 is 23.9 Å². The van der Waals surface area contributed by atoms with Crippen LogP contribution in [0.1, 0.15) is 18.4 Å². The highest BCUT2D eigenvalue weighted by atomic mass is 32.2. The monoisotopic (exact) mass is 332 g/mol. The Balaban J connectivity index is 2.09. The molecule has 1 atom stereocenters. The molecule has 1 aliphatic heterocycles. The van der Waals surface area contributed by atoms with Gasteiger partial charge in [0.05, 0.1) is 11.4 Å². The van der Waals surface area contributed by atoms with Crippen LogP contribution in [0.4, 0.5) is 18.9 Å². The third-order valence-electron chi connectivity index (χ3n) is 3.10. The van der Waals surface area contributed by atoms with Crippen molar-refractivity contribution in [2.75, 3.05) is 11.1 Å². The molecule has 0 spiro atoms. The minimum atomic E-state index is -4.28. The van der Waals surface area contributed by atoms with Crippen molar-refractivity contribution in [3.63, 3.8) is 0 Å². The van der Waals surface area contributed by atoms with Gasteiger partial charge in [0.2, 0.25) is 11.8 Å². The van der Waals surface area contributed by atoms with Crippen LogP contribution < -0.4 is 10.6 Å². The van der Waals surface area contributed by atoms with E-state index in [4.69, 9.17) is 0 Å². The number of halogens is 3. The number of thioether (sulfide) groups is 1. The normalized spacial score (nSPS) is 18.2. The lowest BCUT2D eigenvalue weighted by atomic mass is 10.2. The Kier molecular flexibility index (Phi) is 5.00. The molecule has 0 radical (unpaired) electrons. The van der Waals surface area contributed by atoms with E-state index in [9.17, 15) is 22.8 Å². The molecule has 120 valence electrons. The summed E-state index contributed by atoms with van der Waals surface area (Å²) < 4.78 is 37.0. The highest BCUT2D eigenvalue weighted by molar-refractivity contribution is 7.99. The quantitative estimate of drug-likeness (QED) is 0.834. The molecule has 1 aromatic carbocycles. The van der Waals surface area contributed by atoms with Crippen molar-refractivity contribution in [3.05, 3.63) is 23.8 Å². The van der Waals surface area contributed by atoms with Crippen molar-refractivity contribution in [2.45, 2.75) is 36.9 Å². The molecule has 1 saturated heterocycles. The zero-order valence-electron chi connectivity index (χ0n) is 11.8. The Morgan fingerprint density at radius 1 is 1.45 bits per heavy atom. The van der Waals surface area contributed by atoms with E-state index in [0.29, 0.717) is 28.8 Å². The molecule has 0 saturated carbocycles. The fourth-order valence-corrected chi connectivity index (χ4v) is 2.81. The summed E-state index contributed by atoms with van der Waals surface area (Å²) >= 11 is 0.621. The van der Waals surface area contributed by atoms with E-state index in [-0.39, 0.29) is 12.3 Å². The number of rotatable bonds is 4. The summed E-state index contributed by atoms with van der Waals surface area (Å²) in [4.78, 5) is 23.5. The minimum Gasteiger partial charge on any atom is -0.344 e. The van der Waals surface area contributed by atoms with E-state index in [1.807, 2.05) is 0 Å². The van der Waals surface area contributed by atoms with Gasteiger partial charge in [-0.3, -0.25) is 9.59 Å². The van der Waals surface area contributed by atoms with E-state index in [2.05, 4.69) is 10.6 Å². The summed E-state index contributed by atoms with van der Waals surface area (Å²) in [5.41, 5.74) is 1.16. The van der Waals surface area contributed by atoms with Crippen molar-refractivity contribution >= 4 is 29.3 Å². The van der Waals surface area contributed by atoms with Crippen molar-refractivity contribution in [2.24, 2.45) is 0 Å². The molecule has 2 amide bonds. The number of benzene rings is 1. The molecule has 1 heterocycles. The van der Waals surface area contributed by atoms with Crippen LogP contribution in [0.2, 0.25) is 0 Å². The zero-order chi connectivity index (χ0) is 16.3. The average molecular weight is 332 g/mol. The Labute approximate surface area is 129 Å². The first-order valence-corrected chi connectivity index (χ1v) is 7.63. The van der Waals surface area contributed by atoms with Gasteiger partial charge in [0, 0.05) is 11.3 Å². The Morgan fingerprint density at radius 3 is 2.77 bits per heavy atom. The predicted molar refractivity (Wildman–Crippen MR) is 77.8 cm³/mol. The van der Waals surface area contributed by atoms with Gasteiger partial charge in [-0.05, 0) is 31.0 Å². The summed E-state index contributed by atoms with van der Waals surface area (Å²) in [5, 5.41) is 5.13. The number of nitrogens with one attached hydrogen (secondary N) is 2. The third kappa shape index (κ3) is 4.66. The average Bonchev–Trinajstić information content (AvgIpc) is 2.83. The highest BCUT2D eigenvalue weighted by Gasteiger charge is 2.29. The molecular weight excluding hydrogens is 317 g/mol. The van der Waals surface area contributed by atoms with Crippen molar-refractivity contribution in [1.29, 1.82) is 0 Å². The number of alkyl halides is 3. The first-order valence-electron chi connectivity index (χ1n) is 6.65. The Hall–Kier alpha value is -1.70. The van der Waals surface area contributed by atoms with Crippen molar-refractivity contribution in [1.82, 2.24) is 5.32 Å². The molecule has 8 heteroatoms. The van der Waals surface area contributed by atoms with E-state index in [1.165, 1.54) is 0 Å². The van der Waals surface area contributed by atoms with Gasteiger partial charge in [-0.2, -0.15) is 13.2 Å². The SMILES string of the molecule is Cc1ccc(SCC(F)(F)F)c(NC(=O)[C@@H]2CCC(=O)N2)c1.